The molecule has 1 saturated carbocycles. The van der Waals surface area contributed by atoms with Crippen molar-refractivity contribution in [1.82, 2.24) is 35.6 Å². The SMILES string of the molecule is COc1cc2cc(c1OC)-c1cncc(c1)C(=O)NC1(CC1)C(=O)N[C@H](CC(C)C)C(=O)NCCN(C(=O)c1cccc(-n3nc(C)cc3C)c1)C2. The number of amides is 4. The third-order valence-electron chi connectivity index (χ3n) is 9.41. The van der Waals surface area contributed by atoms with Gasteiger partial charge in [0.1, 0.15) is 11.6 Å². The van der Waals surface area contributed by atoms with Crippen LogP contribution in [0.2, 0.25) is 0 Å². The van der Waals surface area contributed by atoms with E-state index < -0.39 is 23.4 Å². The van der Waals surface area contributed by atoms with Crippen LogP contribution in [0, 0.1) is 19.8 Å². The van der Waals surface area contributed by atoms with Crippen molar-refractivity contribution >= 4 is 23.6 Å². The van der Waals surface area contributed by atoms with Gasteiger partial charge in [-0.05, 0) is 87.1 Å². The lowest BCUT2D eigenvalue weighted by atomic mass is 10.00. The van der Waals surface area contributed by atoms with E-state index in [0.29, 0.717) is 47.5 Å². The molecule has 4 aromatic rings. The summed E-state index contributed by atoms with van der Waals surface area (Å²) in [5, 5.41) is 13.3. The molecule has 272 valence electrons. The summed E-state index contributed by atoms with van der Waals surface area (Å²) in [6.07, 6.45) is 4.34. The number of methoxy groups -OCH3 is 2. The fraction of sp³-hybridized carbons (Fsp3) is 0.385. The summed E-state index contributed by atoms with van der Waals surface area (Å²) in [6.45, 7) is 8.25. The molecule has 3 heterocycles. The van der Waals surface area contributed by atoms with Crippen LogP contribution in [0.5, 0.6) is 11.5 Å². The van der Waals surface area contributed by atoms with Gasteiger partial charge in [0.25, 0.3) is 11.8 Å². The highest BCUT2D eigenvalue weighted by atomic mass is 16.5. The number of carbonyl (C=O) groups is 4. The number of hydrogen-bond donors (Lipinski definition) is 3. The van der Waals surface area contributed by atoms with E-state index in [2.05, 4.69) is 26.0 Å². The van der Waals surface area contributed by atoms with Crippen LogP contribution in [0.4, 0.5) is 0 Å². The summed E-state index contributed by atoms with van der Waals surface area (Å²) in [6, 6.07) is 13.8. The molecule has 52 heavy (non-hydrogen) atoms. The number of nitrogens with zero attached hydrogens (tertiary/aromatic N) is 4. The zero-order valence-corrected chi connectivity index (χ0v) is 30.4. The molecule has 2 aromatic carbocycles. The second-order valence-electron chi connectivity index (χ2n) is 13.9. The molecule has 2 aliphatic rings. The summed E-state index contributed by atoms with van der Waals surface area (Å²) < 4.78 is 13.3. The summed E-state index contributed by atoms with van der Waals surface area (Å²) in [4.78, 5) is 61.2. The maximum absolute atomic E-state index is 14.4. The van der Waals surface area contributed by atoms with Gasteiger partial charge in [-0.2, -0.15) is 5.10 Å². The number of benzene rings is 2. The molecule has 6 rings (SSSR count). The van der Waals surface area contributed by atoms with Gasteiger partial charge in [0.05, 0.1) is 31.2 Å². The lowest BCUT2D eigenvalue weighted by Gasteiger charge is -2.27. The number of ether oxygens (including phenoxy) is 2. The molecule has 1 aliphatic carbocycles. The highest BCUT2D eigenvalue weighted by Gasteiger charge is 2.52. The number of aryl methyl sites for hydroxylation is 2. The van der Waals surface area contributed by atoms with Gasteiger partial charge in [-0.3, -0.25) is 24.2 Å². The molecule has 3 N–H and O–H groups in total. The number of hydrogen-bond acceptors (Lipinski definition) is 8. The van der Waals surface area contributed by atoms with Crippen LogP contribution in [0.15, 0.2) is 60.9 Å². The van der Waals surface area contributed by atoms with E-state index in [1.165, 1.54) is 20.4 Å². The van der Waals surface area contributed by atoms with Gasteiger partial charge < -0.3 is 30.3 Å². The van der Waals surface area contributed by atoms with E-state index in [1.807, 2.05) is 52.0 Å². The number of rotatable bonds is 6. The minimum atomic E-state index is -1.12. The van der Waals surface area contributed by atoms with Crippen molar-refractivity contribution in [3.8, 4) is 28.3 Å². The number of fused-ring (bicyclic) bond motifs is 5. The lowest BCUT2D eigenvalue weighted by Crippen LogP contribution is -2.56. The molecule has 13 heteroatoms. The highest BCUT2D eigenvalue weighted by Crippen LogP contribution is 2.40. The Labute approximate surface area is 303 Å². The second kappa shape index (κ2) is 14.9. The van der Waals surface area contributed by atoms with E-state index in [0.717, 1.165) is 22.6 Å². The molecule has 0 saturated heterocycles. The Bertz CT molecular complexity index is 2020. The van der Waals surface area contributed by atoms with Crippen molar-refractivity contribution in [3.63, 3.8) is 0 Å². The minimum absolute atomic E-state index is 0.0966. The number of carbonyl (C=O) groups excluding carboxylic acids is 4. The van der Waals surface area contributed by atoms with Crippen LogP contribution in [0.1, 0.15) is 70.8 Å². The Kier molecular flexibility index (Phi) is 10.3. The minimum Gasteiger partial charge on any atom is -0.493 e. The zero-order valence-electron chi connectivity index (χ0n) is 30.4. The molecule has 2 aromatic heterocycles. The predicted octanol–water partition coefficient (Wildman–Crippen LogP) is 4.13. The van der Waals surface area contributed by atoms with Crippen molar-refractivity contribution in [2.24, 2.45) is 5.92 Å². The van der Waals surface area contributed by atoms with Crippen LogP contribution >= 0.6 is 0 Å². The number of pyridine rings is 1. The van der Waals surface area contributed by atoms with Gasteiger partial charge in [-0.15, -0.1) is 0 Å². The van der Waals surface area contributed by atoms with Crippen LogP contribution in [0.3, 0.4) is 0 Å². The largest absolute Gasteiger partial charge is 0.493 e. The third kappa shape index (κ3) is 7.63. The van der Waals surface area contributed by atoms with Crippen LogP contribution in [-0.4, -0.2) is 82.2 Å². The van der Waals surface area contributed by atoms with Gasteiger partial charge in [0.15, 0.2) is 11.5 Å². The number of nitrogens with one attached hydrogen (secondary N) is 3. The third-order valence-corrected chi connectivity index (χ3v) is 9.41. The van der Waals surface area contributed by atoms with E-state index in [1.54, 1.807) is 40.0 Å². The molecule has 1 aliphatic heterocycles. The smallest absolute Gasteiger partial charge is 0.254 e. The molecule has 4 bridgehead atoms. The van der Waals surface area contributed by atoms with E-state index in [9.17, 15) is 19.2 Å². The van der Waals surface area contributed by atoms with Crippen LogP contribution in [0.25, 0.3) is 16.8 Å². The summed E-state index contributed by atoms with van der Waals surface area (Å²) >= 11 is 0. The second-order valence-corrected chi connectivity index (χ2v) is 13.9. The normalized spacial score (nSPS) is 17.5. The standard InChI is InChI=1S/C39H45N7O6/c1-23(2)14-32-36(48)41-12-13-45(37(49)27-8-7-9-30(19-27)46-25(4)15-24(3)44-46)22-26-16-31(34(52-6)33(17-26)51-5)28-18-29(21-40-20-28)35(47)43-39(10-11-39)38(50)42-32/h7-9,15-21,23,32H,10-14,22H2,1-6H3,(H,41,48)(H,42,50)(H,43,47)/t32-/m1/s1. The molecular formula is C39H45N7O6. The van der Waals surface area contributed by atoms with Crippen LogP contribution in [-0.2, 0) is 16.1 Å². The Morgan fingerprint density at radius 2 is 1.77 bits per heavy atom. The molecule has 4 amide bonds. The van der Waals surface area contributed by atoms with Crippen molar-refractivity contribution in [2.75, 3.05) is 27.3 Å². The Balaban J connectivity index is 1.42. The first-order valence-corrected chi connectivity index (χ1v) is 17.5. The highest BCUT2D eigenvalue weighted by molar-refractivity contribution is 6.02. The fourth-order valence-electron chi connectivity index (χ4n) is 6.61. The maximum Gasteiger partial charge on any atom is 0.254 e. The molecule has 0 unspecified atom stereocenters. The van der Waals surface area contributed by atoms with Gasteiger partial charge in [0.2, 0.25) is 11.8 Å². The van der Waals surface area contributed by atoms with Crippen molar-refractivity contribution in [2.45, 2.75) is 65.1 Å². The first-order valence-electron chi connectivity index (χ1n) is 17.5. The topological polar surface area (TPSA) is 157 Å². The summed E-state index contributed by atoms with van der Waals surface area (Å²) in [5.74, 6) is -0.548. The molecule has 1 atom stereocenters. The predicted molar refractivity (Wildman–Crippen MR) is 194 cm³/mol. The Hall–Kier alpha value is -5.72. The molecule has 1 fully saturated rings. The van der Waals surface area contributed by atoms with Gasteiger partial charge in [-0.1, -0.05) is 19.9 Å². The number of aromatic nitrogens is 3. The van der Waals surface area contributed by atoms with Crippen molar-refractivity contribution < 1.29 is 28.7 Å². The lowest BCUT2D eigenvalue weighted by molar-refractivity contribution is -0.130. The molecule has 1 spiro atoms. The first-order chi connectivity index (χ1) is 24.9. The Morgan fingerprint density at radius 3 is 2.44 bits per heavy atom. The monoisotopic (exact) mass is 707 g/mol. The van der Waals surface area contributed by atoms with Crippen molar-refractivity contribution in [3.05, 3.63) is 89.0 Å². The fourth-order valence-corrected chi connectivity index (χ4v) is 6.61. The quantitative estimate of drug-likeness (QED) is 0.270. The summed E-state index contributed by atoms with van der Waals surface area (Å²) in [5.41, 5.74) is 4.02. The zero-order chi connectivity index (χ0) is 37.2. The van der Waals surface area contributed by atoms with Gasteiger partial charge >= 0.3 is 0 Å². The average molecular weight is 708 g/mol. The van der Waals surface area contributed by atoms with E-state index in [-0.39, 0.29) is 42.9 Å². The maximum atomic E-state index is 14.4. The van der Waals surface area contributed by atoms with E-state index in [4.69, 9.17) is 9.47 Å². The molecule has 13 nitrogen and oxygen atoms in total. The summed E-state index contributed by atoms with van der Waals surface area (Å²) in [7, 11) is 3.06. The molecular weight excluding hydrogens is 662 g/mol. The van der Waals surface area contributed by atoms with Crippen molar-refractivity contribution in [1.29, 1.82) is 0 Å². The first kappa shape index (κ1) is 36.1. The van der Waals surface area contributed by atoms with Gasteiger partial charge in [-0.25, -0.2) is 4.68 Å². The van der Waals surface area contributed by atoms with Crippen LogP contribution < -0.4 is 25.4 Å². The molecule has 0 radical (unpaired) electrons. The van der Waals surface area contributed by atoms with Gasteiger partial charge in [0, 0.05) is 54.4 Å². The van der Waals surface area contributed by atoms with E-state index >= 15 is 0 Å². The average Bonchev–Trinajstić information content (AvgIpc) is 3.84. The Morgan fingerprint density at radius 1 is 1.00 bits per heavy atom.